The van der Waals surface area contributed by atoms with Gasteiger partial charge < -0.3 is 11.1 Å². The number of nitrogens with two attached hydrogens (primary N) is 1. The summed E-state index contributed by atoms with van der Waals surface area (Å²) in [5.41, 5.74) is 5.83. The molecule has 0 aromatic rings. The van der Waals surface area contributed by atoms with Gasteiger partial charge in [-0.05, 0) is 56.9 Å². The fourth-order valence-electron chi connectivity index (χ4n) is 3.81. The summed E-state index contributed by atoms with van der Waals surface area (Å²) in [6, 6.07) is 0.343. The van der Waals surface area contributed by atoms with Gasteiger partial charge in [0.1, 0.15) is 0 Å². The standard InChI is InChI=1S/C16H30N2O/c1-2-12-7-9-13(10-8-12)16(19)18-15-6-4-3-5-14(15)11-17/h12-15H,2-11,17H2,1H3,(H,18,19). The first-order valence-corrected chi connectivity index (χ1v) is 8.25. The topological polar surface area (TPSA) is 55.1 Å². The number of hydrogen-bond acceptors (Lipinski definition) is 2. The zero-order valence-corrected chi connectivity index (χ0v) is 12.4. The fourth-order valence-corrected chi connectivity index (χ4v) is 3.81. The molecule has 0 aliphatic heterocycles. The van der Waals surface area contributed by atoms with Gasteiger partial charge in [-0.1, -0.05) is 26.2 Å². The number of hydrogen-bond donors (Lipinski definition) is 2. The predicted octanol–water partition coefficient (Wildman–Crippen LogP) is 2.84. The Labute approximate surface area is 117 Å². The van der Waals surface area contributed by atoms with Gasteiger partial charge in [-0.25, -0.2) is 0 Å². The second kappa shape index (κ2) is 7.28. The van der Waals surface area contributed by atoms with E-state index in [4.69, 9.17) is 5.73 Å². The fraction of sp³-hybridized carbons (Fsp3) is 0.938. The number of amides is 1. The van der Waals surface area contributed by atoms with E-state index >= 15 is 0 Å². The molecular weight excluding hydrogens is 236 g/mol. The van der Waals surface area contributed by atoms with Crippen LogP contribution >= 0.6 is 0 Å². The third-order valence-electron chi connectivity index (χ3n) is 5.33. The molecule has 2 rings (SSSR count). The van der Waals surface area contributed by atoms with Crippen LogP contribution in [-0.4, -0.2) is 18.5 Å². The van der Waals surface area contributed by atoms with Crippen molar-refractivity contribution in [2.24, 2.45) is 23.5 Å². The molecule has 110 valence electrons. The number of carbonyl (C=O) groups excluding carboxylic acids is 1. The summed E-state index contributed by atoms with van der Waals surface area (Å²) in [6.07, 6.45) is 10.7. The molecule has 0 saturated heterocycles. The van der Waals surface area contributed by atoms with Crippen LogP contribution in [0, 0.1) is 17.8 Å². The van der Waals surface area contributed by atoms with Crippen LogP contribution in [0.1, 0.15) is 64.7 Å². The molecule has 2 atom stereocenters. The lowest BCUT2D eigenvalue weighted by atomic mass is 9.79. The maximum Gasteiger partial charge on any atom is 0.223 e. The Balaban J connectivity index is 1.80. The molecule has 2 aliphatic carbocycles. The predicted molar refractivity (Wildman–Crippen MR) is 78.7 cm³/mol. The van der Waals surface area contributed by atoms with Gasteiger partial charge in [0.15, 0.2) is 0 Å². The first-order chi connectivity index (χ1) is 9.24. The highest BCUT2D eigenvalue weighted by Gasteiger charge is 2.30. The molecule has 2 unspecified atom stereocenters. The van der Waals surface area contributed by atoms with E-state index < -0.39 is 0 Å². The summed E-state index contributed by atoms with van der Waals surface area (Å²) >= 11 is 0. The van der Waals surface area contributed by atoms with Crippen molar-refractivity contribution in [3.63, 3.8) is 0 Å². The van der Waals surface area contributed by atoms with Crippen molar-refractivity contribution in [3.8, 4) is 0 Å². The van der Waals surface area contributed by atoms with Crippen molar-refractivity contribution in [1.29, 1.82) is 0 Å². The third-order valence-corrected chi connectivity index (χ3v) is 5.33. The average Bonchev–Trinajstić information content (AvgIpc) is 2.48. The van der Waals surface area contributed by atoms with Crippen LogP contribution < -0.4 is 11.1 Å². The van der Waals surface area contributed by atoms with Crippen LogP contribution in [0.3, 0.4) is 0 Å². The number of nitrogens with one attached hydrogen (secondary N) is 1. The normalized spacial score (nSPS) is 35.9. The Morgan fingerprint density at radius 1 is 1.11 bits per heavy atom. The van der Waals surface area contributed by atoms with E-state index in [1.165, 1.54) is 38.5 Å². The quantitative estimate of drug-likeness (QED) is 0.822. The largest absolute Gasteiger partial charge is 0.353 e. The van der Waals surface area contributed by atoms with E-state index in [-0.39, 0.29) is 5.92 Å². The van der Waals surface area contributed by atoms with E-state index in [0.717, 1.165) is 25.2 Å². The van der Waals surface area contributed by atoms with E-state index in [0.29, 0.717) is 24.4 Å². The van der Waals surface area contributed by atoms with Gasteiger partial charge in [0.05, 0.1) is 0 Å². The van der Waals surface area contributed by atoms with E-state index in [1.54, 1.807) is 0 Å². The minimum atomic E-state index is 0.267. The molecule has 0 aromatic carbocycles. The van der Waals surface area contributed by atoms with Crippen molar-refractivity contribution in [2.45, 2.75) is 70.8 Å². The first-order valence-electron chi connectivity index (χ1n) is 8.25. The lowest BCUT2D eigenvalue weighted by Crippen LogP contribution is -2.47. The van der Waals surface area contributed by atoms with Crippen LogP contribution in [0.5, 0.6) is 0 Å². The summed E-state index contributed by atoms with van der Waals surface area (Å²) in [5, 5.41) is 3.30. The highest BCUT2D eigenvalue weighted by Crippen LogP contribution is 2.31. The molecule has 2 aliphatic rings. The van der Waals surface area contributed by atoms with Crippen molar-refractivity contribution in [1.82, 2.24) is 5.32 Å². The zero-order valence-electron chi connectivity index (χ0n) is 12.4. The Morgan fingerprint density at radius 2 is 1.79 bits per heavy atom. The van der Waals surface area contributed by atoms with E-state index in [1.807, 2.05) is 0 Å². The van der Waals surface area contributed by atoms with Crippen molar-refractivity contribution < 1.29 is 4.79 Å². The Kier molecular flexibility index (Phi) is 5.68. The van der Waals surface area contributed by atoms with Gasteiger partial charge in [0.2, 0.25) is 5.91 Å². The van der Waals surface area contributed by atoms with Crippen LogP contribution in [0.25, 0.3) is 0 Å². The third kappa shape index (κ3) is 3.95. The number of rotatable bonds is 4. The zero-order chi connectivity index (χ0) is 13.7. The Hall–Kier alpha value is -0.570. The van der Waals surface area contributed by atoms with Gasteiger partial charge >= 0.3 is 0 Å². The van der Waals surface area contributed by atoms with Crippen LogP contribution in [0.4, 0.5) is 0 Å². The molecule has 3 nitrogen and oxygen atoms in total. The molecule has 3 heteroatoms. The molecule has 3 N–H and O–H groups in total. The summed E-state index contributed by atoms with van der Waals surface area (Å²) in [5.74, 6) is 1.93. The minimum Gasteiger partial charge on any atom is -0.353 e. The molecule has 0 spiro atoms. The second-order valence-corrected chi connectivity index (χ2v) is 6.52. The number of carbonyl (C=O) groups is 1. The summed E-state index contributed by atoms with van der Waals surface area (Å²) in [7, 11) is 0. The van der Waals surface area contributed by atoms with Crippen molar-refractivity contribution >= 4 is 5.91 Å². The lowest BCUT2D eigenvalue weighted by molar-refractivity contribution is -0.127. The SMILES string of the molecule is CCC1CCC(C(=O)NC2CCCCC2CN)CC1. The lowest BCUT2D eigenvalue weighted by Gasteiger charge is -2.34. The minimum absolute atomic E-state index is 0.267. The molecule has 0 heterocycles. The molecule has 0 aromatic heterocycles. The monoisotopic (exact) mass is 266 g/mol. The van der Waals surface area contributed by atoms with Gasteiger partial charge in [0.25, 0.3) is 0 Å². The highest BCUT2D eigenvalue weighted by molar-refractivity contribution is 5.79. The van der Waals surface area contributed by atoms with Crippen LogP contribution in [-0.2, 0) is 4.79 Å². The summed E-state index contributed by atoms with van der Waals surface area (Å²) in [4.78, 5) is 12.4. The van der Waals surface area contributed by atoms with Crippen molar-refractivity contribution in [3.05, 3.63) is 0 Å². The molecule has 1 amide bonds. The Morgan fingerprint density at radius 3 is 2.42 bits per heavy atom. The smallest absolute Gasteiger partial charge is 0.223 e. The second-order valence-electron chi connectivity index (χ2n) is 6.52. The van der Waals surface area contributed by atoms with Gasteiger partial charge in [-0.2, -0.15) is 0 Å². The maximum absolute atomic E-state index is 12.4. The highest BCUT2D eigenvalue weighted by atomic mass is 16.1. The first kappa shape index (κ1) is 14.8. The van der Waals surface area contributed by atoms with E-state index in [2.05, 4.69) is 12.2 Å². The van der Waals surface area contributed by atoms with Gasteiger partial charge in [-0.3, -0.25) is 4.79 Å². The van der Waals surface area contributed by atoms with Crippen LogP contribution in [0.15, 0.2) is 0 Å². The molecule has 0 radical (unpaired) electrons. The maximum atomic E-state index is 12.4. The average molecular weight is 266 g/mol. The molecule has 2 saturated carbocycles. The van der Waals surface area contributed by atoms with Gasteiger partial charge in [-0.15, -0.1) is 0 Å². The van der Waals surface area contributed by atoms with Crippen LogP contribution in [0.2, 0.25) is 0 Å². The van der Waals surface area contributed by atoms with E-state index in [9.17, 15) is 4.79 Å². The summed E-state index contributed by atoms with van der Waals surface area (Å²) < 4.78 is 0. The molecule has 19 heavy (non-hydrogen) atoms. The molecule has 2 fully saturated rings. The molecule has 0 bridgehead atoms. The Bertz CT molecular complexity index is 284. The van der Waals surface area contributed by atoms with Gasteiger partial charge in [0, 0.05) is 12.0 Å². The summed E-state index contributed by atoms with van der Waals surface area (Å²) in [6.45, 7) is 2.98. The van der Waals surface area contributed by atoms with Crippen molar-refractivity contribution in [2.75, 3.05) is 6.54 Å². The molecular formula is C16H30N2O.